The lowest BCUT2D eigenvalue weighted by atomic mass is 10.2. The molecule has 0 radical (unpaired) electrons. The molecule has 9 nitrogen and oxygen atoms in total. The monoisotopic (exact) mass is 440 g/mol. The van der Waals surface area contributed by atoms with Crippen molar-refractivity contribution in [2.24, 2.45) is 0 Å². The molecule has 0 atom stereocenters. The van der Waals surface area contributed by atoms with Crippen LogP contribution in [0, 0.1) is 0 Å². The second-order valence-corrected chi connectivity index (χ2v) is 6.93. The van der Waals surface area contributed by atoms with Gasteiger partial charge in [0, 0.05) is 67.7 Å². The SMILES string of the molecule is CCN(CC)C(=O)CCn1cc(Cn2ccnc2)c2ccccc21.O=C(O)C=CC(=O)O. The lowest BCUT2D eigenvalue weighted by molar-refractivity contribution is -0.134. The number of aromatic nitrogens is 3. The second kappa shape index (κ2) is 12.1. The first-order chi connectivity index (χ1) is 15.3. The van der Waals surface area contributed by atoms with Gasteiger partial charge in [-0.2, -0.15) is 0 Å². The minimum Gasteiger partial charge on any atom is -0.478 e. The molecule has 0 fully saturated rings. The number of nitrogens with zero attached hydrogens (tertiary/aromatic N) is 4. The van der Waals surface area contributed by atoms with E-state index in [0.717, 1.165) is 19.6 Å². The van der Waals surface area contributed by atoms with E-state index < -0.39 is 11.9 Å². The minimum absolute atomic E-state index is 0.217. The minimum atomic E-state index is -1.26. The number of carboxylic acid groups (broad SMARTS) is 2. The molecule has 0 saturated carbocycles. The number of aryl methyl sites for hydroxylation is 1. The van der Waals surface area contributed by atoms with Gasteiger partial charge in [-0.1, -0.05) is 18.2 Å². The Balaban J connectivity index is 0.000000390. The lowest BCUT2D eigenvalue weighted by Gasteiger charge is -2.18. The van der Waals surface area contributed by atoms with E-state index >= 15 is 0 Å². The van der Waals surface area contributed by atoms with Crippen molar-refractivity contribution in [3.63, 3.8) is 0 Å². The van der Waals surface area contributed by atoms with Gasteiger partial charge in [0.25, 0.3) is 0 Å². The van der Waals surface area contributed by atoms with E-state index in [9.17, 15) is 14.4 Å². The molecule has 1 amide bonds. The molecule has 170 valence electrons. The van der Waals surface area contributed by atoms with E-state index in [1.807, 2.05) is 37.3 Å². The highest BCUT2D eigenvalue weighted by Gasteiger charge is 2.12. The smallest absolute Gasteiger partial charge is 0.328 e. The summed E-state index contributed by atoms with van der Waals surface area (Å²) in [5, 5.41) is 16.9. The third-order valence-corrected chi connectivity index (χ3v) is 4.83. The Hall–Kier alpha value is -3.88. The molecule has 3 aromatic rings. The summed E-state index contributed by atoms with van der Waals surface area (Å²) in [5.41, 5.74) is 2.43. The number of hydrogen-bond donors (Lipinski definition) is 2. The van der Waals surface area contributed by atoms with Crippen molar-refractivity contribution in [2.45, 2.75) is 33.4 Å². The molecule has 1 aromatic carbocycles. The molecule has 2 aromatic heterocycles. The van der Waals surface area contributed by atoms with Gasteiger partial charge in [-0.05, 0) is 25.5 Å². The predicted molar refractivity (Wildman–Crippen MR) is 120 cm³/mol. The Morgan fingerprint density at radius 1 is 1.06 bits per heavy atom. The number of carbonyl (C=O) groups is 3. The first-order valence-electron chi connectivity index (χ1n) is 10.3. The molecular formula is C23H28N4O5. The Labute approximate surface area is 186 Å². The Kier molecular flexibility index (Phi) is 9.22. The molecule has 32 heavy (non-hydrogen) atoms. The highest BCUT2D eigenvalue weighted by molar-refractivity contribution is 5.89. The molecule has 2 heterocycles. The van der Waals surface area contributed by atoms with Crippen LogP contribution in [-0.2, 0) is 27.5 Å². The maximum Gasteiger partial charge on any atom is 0.328 e. The molecule has 0 aliphatic rings. The predicted octanol–water partition coefficient (Wildman–Crippen LogP) is 2.86. The van der Waals surface area contributed by atoms with Gasteiger partial charge < -0.3 is 24.2 Å². The highest BCUT2D eigenvalue weighted by Crippen LogP contribution is 2.22. The van der Waals surface area contributed by atoms with Gasteiger partial charge in [0.15, 0.2) is 0 Å². The Bertz CT molecular complexity index is 1050. The summed E-state index contributed by atoms with van der Waals surface area (Å²) >= 11 is 0. The maximum atomic E-state index is 12.3. The second-order valence-electron chi connectivity index (χ2n) is 6.93. The van der Waals surface area contributed by atoms with Crippen LogP contribution in [-0.4, -0.2) is 60.2 Å². The summed E-state index contributed by atoms with van der Waals surface area (Å²) in [6, 6.07) is 8.37. The summed E-state index contributed by atoms with van der Waals surface area (Å²) in [5.74, 6) is -2.30. The zero-order chi connectivity index (χ0) is 23.5. The average molecular weight is 441 g/mol. The Morgan fingerprint density at radius 2 is 1.72 bits per heavy atom. The molecule has 2 N–H and O–H groups in total. The number of carboxylic acids is 2. The number of rotatable bonds is 9. The maximum absolute atomic E-state index is 12.3. The number of hydrogen-bond acceptors (Lipinski definition) is 4. The Morgan fingerprint density at radius 3 is 2.28 bits per heavy atom. The molecule has 0 unspecified atom stereocenters. The number of aliphatic carboxylic acids is 2. The quantitative estimate of drug-likeness (QED) is 0.494. The molecule has 0 bridgehead atoms. The van der Waals surface area contributed by atoms with E-state index in [1.54, 1.807) is 6.20 Å². The number of benzene rings is 1. The molecule has 0 aliphatic carbocycles. The number of fused-ring (bicyclic) bond motifs is 1. The van der Waals surface area contributed by atoms with Crippen LogP contribution >= 0.6 is 0 Å². The molecule has 9 heteroatoms. The number of imidazole rings is 1. The van der Waals surface area contributed by atoms with Gasteiger partial charge in [0.05, 0.1) is 12.9 Å². The van der Waals surface area contributed by atoms with Crippen LogP contribution in [0.25, 0.3) is 10.9 Å². The van der Waals surface area contributed by atoms with Gasteiger partial charge in [-0.25, -0.2) is 14.6 Å². The van der Waals surface area contributed by atoms with Gasteiger partial charge in [-0.3, -0.25) is 4.79 Å². The van der Waals surface area contributed by atoms with Crippen LogP contribution in [0.15, 0.2) is 61.3 Å². The summed E-state index contributed by atoms with van der Waals surface area (Å²) in [4.78, 5) is 37.4. The summed E-state index contributed by atoms with van der Waals surface area (Å²) in [6.07, 6.45) is 9.41. The summed E-state index contributed by atoms with van der Waals surface area (Å²) in [6.45, 7) is 7.09. The zero-order valence-electron chi connectivity index (χ0n) is 18.2. The number of para-hydroxylation sites is 1. The lowest BCUT2D eigenvalue weighted by Crippen LogP contribution is -2.31. The number of amides is 1. The van der Waals surface area contributed by atoms with Gasteiger partial charge in [0.1, 0.15) is 0 Å². The molecule has 0 saturated heterocycles. The third kappa shape index (κ3) is 7.12. The molecule has 3 rings (SSSR count). The van der Waals surface area contributed by atoms with E-state index in [4.69, 9.17) is 10.2 Å². The van der Waals surface area contributed by atoms with Gasteiger partial charge in [0.2, 0.25) is 5.91 Å². The van der Waals surface area contributed by atoms with Crippen molar-refractivity contribution in [1.82, 2.24) is 19.0 Å². The van der Waals surface area contributed by atoms with E-state index in [-0.39, 0.29) is 5.91 Å². The zero-order valence-corrected chi connectivity index (χ0v) is 18.2. The standard InChI is InChI=1S/C19H24N4O.C4H4O4/c1-3-22(4-2)19(24)9-11-23-14-16(13-21-12-10-20-15-21)17-7-5-6-8-18(17)23;5-3(6)1-2-4(7)8/h5-8,10,12,14-15H,3-4,9,11,13H2,1-2H3;1-2H,(H,5,6)(H,7,8). The summed E-state index contributed by atoms with van der Waals surface area (Å²) in [7, 11) is 0. The van der Waals surface area contributed by atoms with Crippen molar-refractivity contribution in [3.8, 4) is 0 Å². The van der Waals surface area contributed by atoms with Crippen LogP contribution in [0.3, 0.4) is 0 Å². The van der Waals surface area contributed by atoms with E-state index in [0.29, 0.717) is 25.1 Å². The fourth-order valence-electron chi connectivity index (χ4n) is 3.30. The molecule has 0 spiro atoms. The first-order valence-corrected chi connectivity index (χ1v) is 10.3. The topological polar surface area (TPSA) is 118 Å². The van der Waals surface area contributed by atoms with Gasteiger partial charge in [-0.15, -0.1) is 0 Å². The molecule has 0 aliphatic heterocycles. The van der Waals surface area contributed by atoms with Crippen molar-refractivity contribution in [1.29, 1.82) is 0 Å². The number of carbonyl (C=O) groups excluding carboxylic acids is 1. The van der Waals surface area contributed by atoms with Crippen LogP contribution in [0.5, 0.6) is 0 Å². The van der Waals surface area contributed by atoms with E-state index in [2.05, 4.69) is 38.5 Å². The fourth-order valence-corrected chi connectivity index (χ4v) is 3.30. The van der Waals surface area contributed by atoms with Crippen molar-refractivity contribution < 1.29 is 24.6 Å². The largest absolute Gasteiger partial charge is 0.478 e. The van der Waals surface area contributed by atoms with Crippen LogP contribution < -0.4 is 0 Å². The normalized spacial score (nSPS) is 10.7. The average Bonchev–Trinajstić information content (AvgIpc) is 3.41. The molecular weight excluding hydrogens is 412 g/mol. The highest BCUT2D eigenvalue weighted by atomic mass is 16.4. The van der Waals surface area contributed by atoms with Crippen LogP contribution in [0.4, 0.5) is 0 Å². The van der Waals surface area contributed by atoms with Crippen molar-refractivity contribution in [2.75, 3.05) is 13.1 Å². The van der Waals surface area contributed by atoms with Gasteiger partial charge >= 0.3 is 11.9 Å². The van der Waals surface area contributed by atoms with Crippen LogP contribution in [0.1, 0.15) is 25.8 Å². The third-order valence-electron chi connectivity index (χ3n) is 4.83. The fraction of sp³-hybridized carbons (Fsp3) is 0.304. The first kappa shape index (κ1) is 24.4. The van der Waals surface area contributed by atoms with Crippen molar-refractivity contribution >= 4 is 28.7 Å². The van der Waals surface area contributed by atoms with E-state index in [1.165, 1.54) is 16.5 Å². The van der Waals surface area contributed by atoms with Crippen molar-refractivity contribution in [3.05, 3.63) is 66.9 Å². The summed E-state index contributed by atoms with van der Waals surface area (Å²) < 4.78 is 4.26. The van der Waals surface area contributed by atoms with Crippen LogP contribution in [0.2, 0.25) is 0 Å².